The van der Waals surface area contributed by atoms with Crippen molar-refractivity contribution in [3.63, 3.8) is 0 Å². The van der Waals surface area contributed by atoms with Crippen LogP contribution in [0, 0.1) is 0 Å². The highest BCUT2D eigenvalue weighted by molar-refractivity contribution is 5.80. The van der Waals surface area contributed by atoms with Crippen LogP contribution in [0.2, 0.25) is 0 Å². The SMILES string of the molecule is CC(=O)Cn1c(=O)c(=O)n(C(C)C)c2ccc(C(F)(F)F)cc21. The van der Waals surface area contributed by atoms with Gasteiger partial charge in [-0.3, -0.25) is 23.5 Å². The second-order valence-electron chi connectivity index (χ2n) is 5.56. The molecule has 1 aromatic carbocycles. The van der Waals surface area contributed by atoms with Crippen LogP contribution in [0.4, 0.5) is 13.2 Å². The number of aromatic nitrogens is 2. The standard InChI is InChI=1S/C15H15F3N2O3/c1-8(2)20-11-5-4-10(15(16,17)18)6-12(11)19(7-9(3)21)13(22)14(20)23/h4-6,8H,7H2,1-3H3. The largest absolute Gasteiger partial charge is 0.416 e. The zero-order chi connectivity index (χ0) is 17.5. The third kappa shape index (κ3) is 3.06. The van der Waals surface area contributed by atoms with Crippen molar-refractivity contribution in [1.82, 2.24) is 9.13 Å². The Bertz CT molecular complexity index is 892. The molecule has 0 aliphatic rings. The molecule has 0 saturated heterocycles. The number of nitrogens with zero attached hydrogens (tertiary/aromatic N) is 2. The molecule has 1 aromatic heterocycles. The summed E-state index contributed by atoms with van der Waals surface area (Å²) < 4.78 is 40.7. The molecule has 0 amide bonds. The Balaban J connectivity index is 2.99. The van der Waals surface area contributed by atoms with Gasteiger partial charge >= 0.3 is 17.3 Å². The van der Waals surface area contributed by atoms with Crippen LogP contribution in [0.5, 0.6) is 0 Å². The summed E-state index contributed by atoms with van der Waals surface area (Å²) in [5.74, 6) is -0.437. The van der Waals surface area contributed by atoms with Gasteiger partial charge in [0.1, 0.15) is 5.78 Å². The Kier molecular flexibility index (Phi) is 4.19. The summed E-state index contributed by atoms with van der Waals surface area (Å²) in [7, 11) is 0. The Morgan fingerprint density at radius 2 is 1.74 bits per heavy atom. The summed E-state index contributed by atoms with van der Waals surface area (Å²) in [5, 5.41) is 0. The van der Waals surface area contributed by atoms with E-state index in [1.54, 1.807) is 13.8 Å². The van der Waals surface area contributed by atoms with E-state index < -0.39 is 41.2 Å². The molecular weight excluding hydrogens is 313 g/mol. The van der Waals surface area contributed by atoms with Gasteiger partial charge in [0, 0.05) is 6.04 Å². The molecule has 0 spiro atoms. The topological polar surface area (TPSA) is 61.1 Å². The quantitative estimate of drug-likeness (QED) is 0.813. The smallest absolute Gasteiger partial charge is 0.300 e. The molecule has 0 radical (unpaired) electrons. The Labute approximate surface area is 129 Å². The summed E-state index contributed by atoms with van der Waals surface area (Å²) >= 11 is 0. The third-order valence-corrected chi connectivity index (χ3v) is 3.40. The number of benzene rings is 1. The molecule has 0 saturated carbocycles. The number of Topliss-reactive ketones (excluding diaryl/α,β-unsaturated/α-hetero) is 1. The summed E-state index contributed by atoms with van der Waals surface area (Å²) in [6.45, 7) is 4.03. The van der Waals surface area contributed by atoms with E-state index >= 15 is 0 Å². The molecule has 124 valence electrons. The molecule has 2 aromatic rings. The molecule has 5 nitrogen and oxygen atoms in total. The maximum absolute atomic E-state index is 12.9. The van der Waals surface area contributed by atoms with E-state index in [2.05, 4.69) is 0 Å². The number of carbonyl (C=O) groups is 1. The summed E-state index contributed by atoms with van der Waals surface area (Å²) in [5.41, 5.74) is -2.74. The molecule has 0 atom stereocenters. The van der Waals surface area contributed by atoms with Crippen LogP contribution in [0.25, 0.3) is 11.0 Å². The lowest BCUT2D eigenvalue weighted by Crippen LogP contribution is -2.43. The van der Waals surface area contributed by atoms with Crippen LogP contribution in [0.3, 0.4) is 0 Å². The monoisotopic (exact) mass is 328 g/mol. The highest BCUT2D eigenvalue weighted by Crippen LogP contribution is 2.31. The van der Waals surface area contributed by atoms with E-state index in [1.807, 2.05) is 0 Å². The van der Waals surface area contributed by atoms with Crippen molar-refractivity contribution in [2.75, 3.05) is 0 Å². The van der Waals surface area contributed by atoms with Gasteiger partial charge in [0.25, 0.3) is 0 Å². The molecule has 0 bridgehead atoms. The molecule has 23 heavy (non-hydrogen) atoms. The number of halogens is 3. The van der Waals surface area contributed by atoms with E-state index in [-0.39, 0.29) is 11.0 Å². The number of alkyl halides is 3. The number of hydrogen-bond acceptors (Lipinski definition) is 3. The molecular formula is C15H15F3N2O3. The first-order valence-corrected chi connectivity index (χ1v) is 6.89. The number of hydrogen-bond donors (Lipinski definition) is 0. The second kappa shape index (κ2) is 5.68. The van der Waals surface area contributed by atoms with Crippen LogP contribution >= 0.6 is 0 Å². The molecule has 2 rings (SSSR count). The molecule has 0 N–H and O–H groups in total. The normalized spacial score (nSPS) is 12.1. The fourth-order valence-corrected chi connectivity index (χ4v) is 2.45. The summed E-state index contributed by atoms with van der Waals surface area (Å²) in [6.07, 6.45) is -4.59. The fraction of sp³-hybridized carbons (Fsp3) is 0.400. The summed E-state index contributed by atoms with van der Waals surface area (Å²) in [6, 6.07) is 2.37. The van der Waals surface area contributed by atoms with Gasteiger partial charge in [-0.1, -0.05) is 0 Å². The average Bonchev–Trinajstić information content (AvgIpc) is 2.41. The van der Waals surface area contributed by atoms with E-state index in [9.17, 15) is 27.6 Å². The lowest BCUT2D eigenvalue weighted by Gasteiger charge is -2.18. The van der Waals surface area contributed by atoms with Crippen LogP contribution < -0.4 is 11.1 Å². The fourth-order valence-electron chi connectivity index (χ4n) is 2.45. The Hall–Kier alpha value is -2.38. The third-order valence-electron chi connectivity index (χ3n) is 3.40. The Morgan fingerprint density at radius 1 is 1.13 bits per heavy atom. The predicted octanol–water partition coefficient (Wildman–Crippen LogP) is 2.35. The zero-order valence-electron chi connectivity index (χ0n) is 12.8. The molecule has 0 unspecified atom stereocenters. The highest BCUT2D eigenvalue weighted by Gasteiger charge is 2.31. The van der Waals surface area contributed by atoms with Gasteiger partial charge in [-0.05, 0) is 39.0 Å². The van der Waals surface area contributed by atoms with Gasteiger partial charge in [0.2, 0.25) is 0 Å². The van der Waals surface area contributed by atoms with Gasteiger partial charge in [-0.2, -0.15) is 13.2 Å². The number of carbonyl (C=O) groups excluding carboxylic acids is 1. The van der Waals surface area contributed by atoms with Gasteiger partial charge in [0.15, 0.2) is 0 Å². The van der Waals surface area contributed by atoms with Crippen molar-refractivity contribution in [2.24, 2.45) is 0 Å². The number of ketones is 1. The van der Waals surface area contributed by atoms with Crippen LogP contribution in [0.1, 0.15) is 32.4 Å². The van der Waals surface area contributed by atoms with Gasteiger partial charge in [0.05, 0.1) is 23.1 Å². The molecule has 8 heteroatoms. The first-order valence-electron chi connectivity index (χ1n) is 6.89. The van der Waals surface area contributed by atoms with Crippen molar-refractivity contribution >= 4 is 16.8 Å². The van der Waals surface area contributed by atoms with Crippen molar-refractivity contribution in [1.29, 1.82) is 0 Å². The van der Waals surface area contributed by atoms with Gasteiger partial charge in [-0.25, -0.2) is 0 Å². The second-order valence-corrected chi connectivity index (χ2v) is 5.56. The van der Waals surface area contributed by atoms with Crippen LogP contribution in [0.15, 0.2) is 27.8 Å². The predicted molar refractivity (Wildman–Crippen MR) is 78.5 cm³/mol. The van der Waals surface area contributed by atoms with Crippen molar-refractivity contribution in [2.45, 2.75) is 39.5 Å². The van der Waals surface area contributed by atoms with Crippen LogP contribution in [-0.4, -0.2) is 14.9 Å². The number of rotatable bonds is 3. The molecule has 0 fully saturated rings. The van der Waals surface area contributed by atoms with Gasteiger partial charge in [-0.15, -0.1) is 0 Å². The average molecular weight is 328 g/mol. The van der Waals surface area contributed by atoms with Crippen molar-refractivity contribution in [3.05, 3.63) is 44.5 Å². The summed E-state index contributed by atoms with van der Waals surface area (Å²) in [4.78, 5) is 35.7. The lowest BCUT2D eigenvalue weighted by molar-refractivity contribution is -0.137. The maximum Gasteiger partial charge on any atom is 0.416 e. The lowest BCUT2D eigenvalue weighted by atomic mass is 10.1. The molecule has 0 aliphatic carbocycles. The molecule has 0 aliphatic heterocycles. The molecule has 1 heterocycles. The van der Waals surface area contributed by atoms with Crippen molar-refractivity contribution < 1.29 is 18.0 Å². The highest BCUT2D eigenvalue weighted by atomic mass is 19.4. The minimum Gasteiger partial charge on any atom is -0.300 e. The van der Waals surface area contributed by atoms with E-state index in [1.165, 1.54) is 6.92 Å². The van der Waals surface area contributed by atoms with Gasteiger partial charge < -0.3 is 0 Å². The zero-order valence-corrected chi connectivity index (χ0v) is 12.8. The first kappa shape index (κ1) is 17.0. The minimum atomic E-state index is -4.59. The van der Waals surface area contributed by atoms with E-state index in [0.717, 1.165) is 27.3 Å². The maximum atomic E-state index is 12.9. The minimum absolute atomic E-state index is 0.0895. The van der Waals surface area contributed by atoms with Crippen molar-refractivity contribution in [3.8, 4) is 0 Å². The number of fused-ring (bicyclic) bond motifs is 1. The van der Waals surface area contributed by atoms with E-state index in [0.29, 0.717) is 0 Å². The van der Waals surface area contributed by atoms with Crippen LogP contribution in [-0.2, 0) is 17.5 Å². The first-order chi connectivity index (χ1) is 10.5. The Morgan fingerprint density at radius 3 is 2.22 bits per heavy atom. The van der Waals surface area contributed by atoms with E-state index in [4.69, 9.17) is 0 Å².